The van der Waals surface area contributed by atoms with E-state index >= 15 is 0 Å². The fraction of sp³-hybridized carbons (Fsp3) is 0.267. The Morgan fingerprint density at radius 2 is 1.95 bits per heavy atom. The molecule has 2 N–H and O–H groups in total. The first kappa shape index (κ1) is 12.6. The highest BCUT2D eigenvalue weighted by atomic mass is 16.4. The van der Waals surface area contributed by atoms with Crippen LogP contribution in [0.15, 0.2) is 30.3 Å². The zero-order chi connectivity index (χ0) is 14.1. The molecule has 3 rings (SSSR count). The van der Waals surface area contributed by atoms with Crippen molar-refractivity contribution in [2.75, 3.05) is 5.32 Å². The average molecular weight is 269 g/mol. The van der Waals surface area contributed by atoms with Gasteiger partial charge >= 0.3 is 5.97 Å². The summed E-state index contributed by atoms with van der Waals surface area (Å²) < 4.78 is 0. The van der Waals surface area contributed by atoms with Gasteiger partial charge in [-0.15, -0.1) is 0 Å². The van der Waals surface area contributed by atoms with Gasteiger partial charge in [0.05, 0.1) is 0 Å². The molecule has 0 spiro atoms. The van der Waals surface area contributed by atoms with Crippen molar-refractivity contribution in [2.24, 2.45) is 0 Å². The van der Waals surface area contributed by atoms with Crippen molar-refractivity contribution in [1.29, 1.82) is 0 Å². The molecule has 0 radical (unpaired) electrons. The lowest BCUT2D eigenvalue weighted by Gasteiger charge is -2.08. The summed E-state index contributed by atoms with van der Waals surface area (Å²) in [7, 11) is 0. The van der Waals surface area contributed by atoms with Crippen LogP contribution in [-0.2, 0) is 0 Å². The van der Waals surface area contributed by atoms with Crippen LogP contribution in [0, 0.1) is 6.92 Å². The van der Waals surface area contributed by atoms with Crippen LogP contribution in [0.25, 0.3) is 11.4 Å². The minimum absolute atomic E-state index is 0.0127. The lowest BCUT2D eigenvalue weighted by Crippen LogP contribution is -2.09. The standard InChI is InChI=1S/C15H15N3O2/c1-9-2-4-10(5-3-9)14-17-12(15(19)20)8-13(18-14)16-11-6-7-11/h2-5,8,11H,6-7H2,1H3,(H,19,20)(H,16,17,18). The second-order valence-electron chi connectivity index (χ2n) is 5.05. The number of carboxylic acid groups (broad SMARTS) is 1. The minimum Gasteiger partial charge on any atom is -0.477 e. The number of aryl methyl sites for hydroxylation is 1. The summed E-state index contributed by atoms with van der Waals surface area (Å²) >= 11 is 0. The lowest BCUT2D eigenvalue weighted by molar-refractivity contribution is 0.0690. The molecule has 1 aromatic carbocycles. The monoisotopic (exact) mass is 269 g/mol. The van der Waals surface area contributed by atoms with Gasteiger partial charge in [-0.25, -0.2) is 14.8 Å². The van der Waals surface area contributed by atoms with E-state index in [0.29, 0.717) is 17.7 Å². The van der Waals surface area contributed by atoms with Gasteiger partial charge < -0.3 is 10.4 Å². The van der Waals surface area contributed by atoms with Crippen molar-refractivity contribution in [1.82, 2.24) is 9.97 Å². The van der Waals surface area contributed by atoms with Crippen molar-refractivity contribution in [3.63, 3.8) is 0 Å². The van der Waals surface area contributed by atoms with E-state index in [1.807, 2.05) is 31.2 Å². The van der Waals surface area contributed by atoms with Crippen LogP contribution in [0.4, 0.5) is 5.82 Å². The zero-order valence-corrected chi connectivity index (χ0v) is 11.1. The molecule has 5 nitrogen and oxygen atoms in total. The van der Waals surface area contributed by atoms with Gasteiger partial charge in [0.2, 0.25) is 0 Å². The molecular formula is C15H15N3O2. The van der Waals surface area contributed by atoms with Crippen molar-refractivity contribution in [3.8, 4) is 11.4 Å². The molecule has 2 aromatic rings. The summed E-state index contributed by atoms with van der Waals surface area (Å²) in [5.74, 6) is -0.0249. The zero-order valence-electron chi connectivity index (χ0n) is 11.1. The van der Waals surface area contributed by atoms with E-state index < -0.39 is 5.97 Å². The molecule has 0 aliphatic heterocycles. The Bertz CT molecular complexity index is 649. The third-order valence-corrected chi connectivity index (χ3v) is 3.18. The van der Waals surface area contributed by atoms with Gasteiger partial charge in [-0.05, 0) is 19.8 Å². The number of anilines is 1. The molecule has 1 saturated carbocycles. The van der Waals surface area contributed by atoms with E-state index in [0.717, 1.165) is 24.0 Å². The van der Waals surface area contributed by atoms with E-state index in [-0.39, 0.29) is 5.69 Å². The Morgan fingerprint density at radius 1 is 1.25 bits per heavy atom. The Hall–Kier alpha value is -2.43. The van der Waals surface area contributed by atoms with Crippen molar-refractivity contribution in [3.05, 3.63) is 41.6 Å². The lowest BCUT2D eigenvalue weighted by atomic mass is 10.1. The number of aromatic carboxylic acids is 1. The number of carboxylic acids is 1. The molecule has 0 amide bonds. The third-order valence-electron chi connectivity index (χ3n) is 3.18. The summed E-state index contributed by atoms with van der Waals surface area (Å²) in [6.45, 7) is 2.00. The number of nitrogens with zero attached hydrogens (tertiary/aromatic N) is 2. The fourth-order valence-electron chi connectivity index (χ4n) is 1.90. The van der Waals surface area contributed by atoms with Gasteiger partial charge in [0.25, 0.3) is 0 Å². The summed E-state index contributed by atoms with van der Waals surface area (Å²) in [4.78, 5) is 19.7. The van der Waals surface area contributed by atoms with Crippen LogP contribution >= 0.6 is 0 Å². The quantitative estimate of drug-likeness (QED) is 0.892. The highest BCUT2D eigenvalue weighted by molar-refractivity contribution is 5.87. The maximum Gasteiger partial charge on any atom is 0.354 e. The number of nitrogens with one attached hydrogen (secondary N) is 1. The van der Waals surface area contributed by atoms with Gasteiger partial charge in [-0.1, -0.05) is 29.8 Å². The molecule has 1 heterocycles. The maximum atomic E-state index is 11.2. The van der Waals surface area contributed by atoms with Crippen molar-refractivity contribution >= 4 is 11.8 Å². The van der Waals surface area contributed by atoms with E-state index in [2.05, 4.69) is 15.3 Å². The van der Waals surface area contributed by atoms with Crippen molar-refractivity contribution in [2.45, 2.75) is 25.8 Å². The molecule has 1 aliphatic rings. The smallest absolute Gasteiger partial charge is 0.354 e. The van der Waals surface area contributed by atoms with E-state index in [1.165, 1.54) is 6.07 Å². The topological polar surface area (TPSA) is 75.1 Å². The van der Waals surface area contributed by atoms with Crippen LogP contribution in [0.5, 0.6) is 0 Å². The average Bonchev–Trinajstić information content (AvgIpc) is 3.23. The molecule has 0 bridgehead atoms. The Kier molecular flexibility index (Phi) is 3.10. The number of aromatic nitrogens is 2. The largest absolute Gasteiger partial charge is 0.477 e. The van der Waals surface area contributed by atoms with Gasteiger partial charge in [-0.2, -0.15) is 0 Å². The SMILES string of the molecule is Cc1ccc(-c2nc(NC3CC3)cc(C(=O)O)n2)cc1. The predicted octanol–water partition coefficient (Wildman–Crippen LogP) is 2.72. The first-order valence-corrected chi connectivity index (χ1v) is 6.58. The molecular weight excluding hydrogens is 254 g/mol. The normalized spacial score (nSPS) is 14.1. The fourth-order valence-corrected chi connectivity index (χ4v) is 1.90. The highest BCUT2D eigenvalue weighted by Gasteiger charge is 2.22. The number of hydrogen-bond donors (Lipinski definition) is 2. The number of carbonyl (C=O) groups is 1. The predicted molar refractivity (Wildman–Crippen MR) is 75.8 cm³/mol. The first-order valence-electron chi connectivity index (χ1n) is 6.58. The second-order valence-corrected chi connectivity index (χ2v) is 5.05. The minimum atomic E-state index is -1.04. The van der Waals surface area contributed by atoms with Crippen LogP contribution in [0.3, 0.4) is 0 Å². The van der Waals surface area contributed by atoms with E-state index in [4.69, 9.17) is 5.11 Å². The van der Waals surface area contributed by atoms with Gasteiger partial charge in [-0.3, -0.25) is 0 Å². The summed E-state index contributed by atoms with van der Waals surface area (Å²) in [5.41, 5.74) is 1.97. The summed E-state index contributed by atoms with van der Waals surface area (Å²) in [6.07, 6.45) is 2.21. The molecule has 1 fully saturated rings. The maximum absolute atomic E-state index is 11.2. The summed E-state index contributed by atoms with van der Waals surface area (Å²) in [6, 6.07) is 9.62. The van der Waals surface area contributed by atoms with E-state index in [9.17, 15) is 4.79 Å². The molecule has 20 heavy (non-hydrogen) atoms. The van der Waals surface area contributed by atoms with Crippen LogP contribution in [0.2, 0.25) is 0 Å². The van der Waals surface area contributed by atoms with Crippen LogP contribution in [-0.4, -0.2) is 27.1 Å². The molecule has 102 valence electrons. The molecule has 1 aromatic heterocycles. The van der Waals surface area contributed by atoms with Gasteiger partial charge in [0.15, 0.2) is 11.5 Å². The molecule has 0 atom stereocenters. The van der Waals surface area contributed by atoms with E-state index in [1.54, 1.807) is 0 Å². The summed E-state index contributed by atoms with van der Waals surface area (Å²) in [5, 5.41) is 12.4. The van der Waals surface area contributed by atoms with Crippen molar-refractivity contribution < 1.29 is 9.90 Å². The molecule has 0 saturated heterocycles. The molecule has 5 heteroatoms. The van der Waals surface area contributed by atoms with Gasteiger partial charge in [0, 0.05) is 17.7 Å². The molecule has 0 unspecified atom stereocenters. The molecule has 1 aliphatic carbocycles. The third kappa shape index (κ3) is 2.77. The Labute approximate surface area is 116 Å². The van der Waals surface area contributed by atoms with Crippen LogP contribution in [0.1, 0.15) is 28.9 Å². The number of rotatable bonds is 4. The van der Waals surface area contributed by atoms with Gasteiger partial charge in [0.1, 0.15) is 5.82 Å². The van der Waals surface area contributed by atoms with Crippen LogP contribution < -0.4 is 5.32 Å². The number of benzene rings is 1. The number of hydrogen-bond acceptors (Lipinski definition) is 4. The Morgan fingerprint density at radius 3 is 2.55 bits per heavy atom. The first-order chi connectivity index (χ1) is 9.61. The highest BCUT2D eigenvalue weighted by Crippen LogP contribution is 2.25. The Balaban J connectivity index is 2.01. The second kappa shape index (κ2) is 4.92.